The number of aliphatic hydroxyl groups is 2. The molecule has 0 aliphatic heterocycles. The van der Waals surface area contributed by atoms with E-state index in [-0.39, 0.29) is 18.3 Å². The van der Waals surface area contributed by atoms with Crippen molar-refractivity contribution in [2.45, 2.75) is 61.0 Å². The van der Waals surface area contributed by atoms with Crippen LogP contribution in [-0.4, -0.2) is 34.5 Å². The molecular formula is C14H30O5Zr. The first-order chi connectivity index (χ1) is 9.22. The summed E-state index contributed by atoms with van der Waals surface area (Å²) in [5.74, 6) is -0.624. The predicted octanol–water partition coefficient (Wildman–Crippen LogP) is 2.25. The zero-order valence-corrected chi connectivity index (χ0v) is 16.2. The zero-order valence-electron chi connectivity index (χ0n) is 13.8. The van der Waals surface area contributed by atoms with E-state index in [1.807, 2.05) is 40.5 Å². The van der Waals surface area contributed by atoms with Gasteiger partial charge in [-0.3, -0.25) is 9.59 Å². The third-order valence-electron chi connectivity index (χ3n) is 0.622. The normalized spacial score (nSPS) is 7.40. The van der Waals surface area contributed by atoms with E-state index in [1.54, 1.807) is 13.8 Å². The first-order valence-corrected chi connectivity index (χ1v) is 7.22. The second kappa shape index (κ2) is 36.4. The number of rotatable bonds is 3. The Bertz CT molecular complexity index is 180. The summed E-state index contributed by atoms with van der Waals surface area (Å²) in [5, 5.41) is 16.1. The van der Waals surface area contributed by atoms with Gasteiger partial charge in [0, 0.05) is 6.10 Å². The topological polar surface area (TPSA) is 91.7 Å². The Kier molecular flexibility index (Phi) is 58.3. The summed E-state index contributed by atoms with van der Waals surface area (Å²) in [5.41, 5.74) is 0. The molecule has 5 nitrogen and oxygen atoms in total. The average Bonchev–Trinajstić information content (AvgIpc) is 2.32. The Labute approximate surface area is 139 Å². The van der Waals surface area contributed by atoms with E-state index in [4.69, 9.17) is 13.0 Å². The minimum atomic E-state index is -0.528. The van der Waals surface area contributed by atoms with Crippen LogP contribution in [0.5, 0.6) is 0 Å². The van der Waals surface area contributed by atoms with Gasteiger partial charge in [-0.1, -0.05) is 0 Å². The number of hydrogen-bond acceptors (Lipinski definition) is 5. The zero-order chi connectivity index (χ0) is 17.6. The Morgan fingerprint density at radius 1 is 1.05 bits per heavy atom. The molecule has 2 N–H and O–H groups in total. The van der Waals surface area contributed by atoms with Crippen LogP contribution >= 0.6 is 0 Å². The van der Waals surface area contributed by atoms with Crippen molar-refractivity contribution in [3.8, 4) is 0 Å². The van der Waals surface area contributed by atoms with Crippen molar-refractivity contribution >= 4 is 11.6 Å². The van der Waals surface area contributed by atoms with Crippen LogP contribution in [0.4, 0.5) is 0 Å². The third kappa shape index (κ3) is 146. The van der Waals surface area contributed by atoms with Crippen LogP contribution in [0.25, 0.3) is 0 Å². The molecule has 0 amide bonds. The van der Waals surface area contributed by atoms with Crippen LogP contribution in [0, 0.1) is 12.8 Å². The fraction of sp³-hybridized carbons (Fsp3) is 0.714. The summed E-state index contributed by atoms with van der Waals surface area (Å²) >= 11 is 0.300. The van der Waals surface area contributed by atoms with Crippen molar-refractivity contribution in [1.82, 2.24) is 0 Å². The number of carbonyl (C=O) groups excluding carboxylic acids is 2. The van der Waals surface area contributed by atoms with Gasteiger partial charge in [0.1, 0.15) is 12.4 Å². The van der Waals surface area contributed by atoms with Gasteiger partial charge < -0.3 is 23.1 Å². The molecule has 0 spiro atoms. The molecule has 0 aromatic carbocycles. The molecule has 0 aliphatic rings. The first-order valence-electron chi connectivity index (χ1n) is 6.21. The second-order valence-corrected chi connectivity index (χ2v) is 3.82. The summed E-state index contributed by atoms with van der Waals surface area (Å²) in [6.07, 6.45) is 3.69. The Morgan fingerprint density at radius 2 is 1.25 bits per heavy atom. The van der Waals surface area contributed by atoms with Gasteiger partial charge in [-0.25, -0.2) is 0 Å². The summed E-state index contributed by atoms with van der Waals surface area (Å²) in [6.45, 7) is 12.2. The van der Waals surface area contributed by atoms with Gasteiger partial charge in [-0.15, -0.1) is 0 Å². The molecule has 0 bridgehead atoms. The molecule has 0 unspecified atom stereocenters. The molecule has 0 rings (SSSR count). The number of carbonyl (C=O) groups is 2. The first kappa shape index (κ1) is 32.0. The predicted molar refractivity (Wildman–Crippen MR) is 76.7 cm³/mol. The van der Waals surface area contributed by atoms with Crippen LogP contribution in [0.1, 0.15) is 54.9 Å². The van der Waals surface area contributed by atoms with E-state index in [0.717, 1.165) is 0 Å². The van der Waals surface area contributed by atoms with Gasteiger partial charge in [0.2, 0.25) is 0 Å². The molecule has 0 saturated heterocycles. The van der Waals surface area contributed by atoms with Crippen LogP contribution < -0.4 is 0 Å². The SMILES string of the molecule is CC(=O)CC(=O)CO.CC(C)O.C[CH-]C.C[CH-]C.[O]=[Zr+2]. The van der Waals surface area contributed by atoms with Crippen LogP contribution in [0.3, 0.4) is 0 Å². The Hall–Kier alpha value is -0.0569. The molecule has 0 aliphatic carbocycles. The molecule has 0 aromatic rings. The van der Waals surface area contributed by atoms with Gasteiger partial charge in [0.05, 0.1) is 6.42 Å². The van der Waals surface area contributed by atoms with Gasteiger partial charge in [0.25, 0.3) is 0 Å². The van der Waals surface area contributed by atoms with Crippen molar-refractivity contribution in [1.29, 1.82) is 0 Å². The van der Waals surface area contributed by atoms with E-state index in [9.17, 15) is 9.59 Å². The Morgan fingerprint density at radius 3 is 1.30 bits per heavy atom. The molecule has 0 atom stereocenters. The maximum atomic E-state index is 10.2. The van der Waals surface area contributed by atoms with Gasteiger partial charge in [-0.2, -0.15) is 27.7 Å². The third-order valence-corrected chi connectivity index (χ3v) is 0.622. The number of aliphatic hydroxyl groups excluding tert-OH is 2. The fourth-order valence-corrected chi connectivity index (χ4v) is 0.334. The van der Waals surface area contributed by atoms with Crippen LogP contribution in [0.15, 0.2) is 0 Å². The van der Waals surface area contributed by atoms with Crippen molar-refractivity contribution in [2.75, 3.05) is 6.61 Å². The standard InChI is InChI=1S/C5H8O3.C3H8O.2C3H7.O.Zr/c1-4(7)2-5(8)3-6;1-3(2)4;2*1-3-2;;/h6H,2-3H2,1H3;3-4H,1-2H3;2*3H,1-2H3;;/q;;2*-1;;+2. The molecular weight excluding hydrogens is 339 g/mol. The van der Waals surface area contributed by atoms with Crippen molar-refractivity contribution in [3.05, 3.63) is 12.8 Å². The van der Waals surface area contributed by atoms with Crippen LogP contribution in [0.2, 0.25) is 0 Å². The summed E-state index contributed by atoms with van der Waals surface area (Å²) in [6, 6.07) is 0. The summed E-state index contributed by atoms with van der Waals surface area (Å²) < 4.78 is 8.34. The van der Waals surface area contributed by atoms with Crippen LogP contribution in [-0.2, 0) is 37.1 Å². The Balaban J connectivity index is -0.0000000531. The molecule has 0 saturated carbocycles. The van der Waals surface area contributed by atoms with E-state index < -0.39 is 12.4 Å². The van der Waals surface area contributed by atoms with E-state index in [0.29, 0.717) is 24.7 Å². The molecule has 0 heterocycles. The number of ketones is 2. The maximum absolute atomic E-state index is 10.2. The fourth-order valence-electron chi connectivity index (χ4n) is 0.334. The molecule has 120 valence electrons. The minimum absolute atomic E-state index is 0.142. The number of hydrogen-bond donors (Lipinski definition) is 2. The van der Waals surface area contributed by atoms with Gasteiger partial charge in [-0.05, 0) is 20.8 Å². The quantitative estimate of drug-likeness (QED) is 0.588. The molecule has 6 heteroatoms. The van der Waals surface area contributed by atoms with Gasteiger partial charge in [0.15, 0.2) is 5.78 Å². The van der Waals surface area contributed by atoms with Crippen molar-refractivity contribution in [3.63, 3.8) is 0 Å². The average molecular weight is 370 g/mol. The number of Topliss-reactive ketones (excluding diaryl/α,β-unsaturated/α-hetero) is 2. The molecule has 0 fully saturated rings. The second-order valence-electron chi connectivity index (χ2n) is 3.82. The van der Waals surface area contributed by atoms with Crippen molar-refractivity contribution < 1.29 is 47.3 Å². The van der Waals surface area contributed by atoms with Crippen molar-refractivity contribution in [2.24, 2.45) is 0 Å². The molecule has 0 aromatic heterocycles. The van der Waals surface area contributed by atoms with E-state index in [1.165, 1.54) is 6.92 Å². The van der Waals surface area contributed by atoms with Gasteiger partial charge >= 0.3 is 27.5 Å². The summed E-state index contributed by atoms with van der Waals surface area (Å²) in [7, 11) is 0. The van der Waals surface area contributed by atoms with E-state index >= 15 is 0 Å². The molecule has 0 radical (unpaired) electrons. The summed E-state index contributed by atoms with van der Waals surface area (Å²) in [4.78, 5) is 20.2. The van der Waals surface area contributed by atoms with E-state index in [2.05, 4.69) is 0 Å². The monoisotopic (exact) mass is 368 g/mol. The molecule has 20 heavy (non-hydrogen) atoms.